The average molecular weight is 266 g/mol. The largest absolute Gasteiger partial charge is 0.313 e. The molecule has 0 bridgehead atoms. The Kier molecular flexibility index (Phi) is 6.15. The molecule has 0 aromatic carbocycles. The Morgan fingerprint density at radius 3 is 2.32 bits per heavy atom. The van der Waals surface area contributed by atoms with E-state index in [2.05, 4.69) is 31.0 Å². The number of hydrogen-bond donors (Lipinski definition) is 1. The highest BCUT2D eigenvalue weighted by Crippen LogP contribution is 2.34. The van der Waals surface area contributed by atoms with Gasteiger partial charge >= 0.3 is 0 Å². The van der Waals surface area contributed by atoms with Crippen molar-refractivity contribution in [2.45, 2.75) is 77.8 Å². The zero-order valence-corrected chi connectivity index (χ0v) is 13.3. The van der Waals surface area contributed by atoms with Gasteiger partial charge in [-0.1, -0.05) is 33.6 Å². The van der Waals surface area contributed by atoms with Crippen molar-refractivity contribution in [2.75, 3.05) is 19.6 Å². The van der Waals surface area contributed by atoms with E-state index in [1.165, 1.54) is 58.0 Å². The van der Waals surface area contributed by atoms with Crippen molar-refractivity contribution in [3.8, 4) is 0 Å². The third-order valence-electron chi connectivity index (χ3n) is 4.92. The van der Waals surface area contributed by atoms with E-state index in [1.807, 2.05) is 0 Å². The third-order valence-corrected chi connectivity index (χ3v) is 4.92. The van der Waals surface area contributed by atoms with Crippen LogP contribution in [0.3, 0.4) is 0 Å². The molecule has 2 rings (SSSR count). The molecule has 1 N–H and O–H groups in total. The molecule has 1 unspecified atom stereocenters. The van der Waals surface area contributed by atoms with Crippen LogP contribution < -0.4 is 5.32 Å². The number of likely N-dealkylation sites (N-methyl/N-ethyl adjacent to an activating group) is 1. The Morgan fingerprint density at radius 2 is 1.79 bits per heavy atom. The molecule has 2 aliphatic rings. The van der Waals surface area contributed by atoms with E-state index in [0.717, 1.165) is 30.5 Å². The SMILES string of the molecule is CCNC(CN(CCC(C)C)C1CCCC1)C1CC1. The molecule has 0 aromatic heterocycles. The van der Waals surface area contributed by atoms with E-state index in [9.17, 15) is 0 Å². The van der Waals surface area contributed by atoms with Gasteiger partial charge in [0.1, 0.15) is 0 Å². The summed E-state index contributed by atoms with van der Waals surface area (Å²) in [6, 6.07) is 1.65. The topological polar surface area (TPSA) is 15.3 Å². The van der Waals surface area contributed by atoms with E-state index in [0.29, 0.717) is 0 Å². The summed E-state index contributed by atoms with van der Waals surface area (Å²) in [5.74, 6) is 1.81. The van der Waals surface area contributed by atoms with Crippen LogP contribution >= 0.6 is 0 Å². The maximum atomic E-state index is 3.74. The van der Waals surface area contributed by atoms with Crippen LogP contribution in [0.15, 0.2) is 0 Å². The first-order valence-corrected chi connectivity index (χ1v) is 8.68. The summed E-state index contributed by atoms with van der Waals surface area (Å²) in [4.78, 5) is 2.83. The monoisotopic (exact) mass is 266 g/mol. The molecule has 112 valence electrons. The van der Waals surface area contributed by atoms with E-state index in [-0.39, 0.29) is 0 Å². The molecule has 0 saturated heterocycles. The van der Waals surface area contributed by atoms with Gasteiger partial charge < -0.3 is 5.32 Å². The van der Waals surface area contributed by atoms with Crippen LogP contribution in [-0.4, -0.2) is 36.6 Å². The molecule has 2 nitrogen and oxygen atoms in total. The molecule has 2 aliphatic carbocycles. The van der Waals surface area contributed by atoms with Gasteiger partial charge in [-0.2, -0.15) is 0 Å². The Balaban J connectivity index is 1.86. The average Bonchev–Trinajstić information content (AvgIpc) is 3.08. The lowest BCUT2D eigenvalue weighted by molar-refractivity contribution is 0.162. The van der Waals surface area contributed by atoms with Crippen molar-refractivity contribution in [2.24, 2.45) is 11.8 Å². The highest BCUT2D eigenvalue weighted by atomic mass is 15.2. The van der Waals surface area contributed by atoms with Crippen molar-refractivity contribution < 1.29 is 0 Å². The second kappa shape index (κ2) is 7.64. The van der Waals surface area contributed by atoms with Gasteiger partial charge in [-0.15, -0.1) is 0 Å². The maximum absolute atomic E-state index is 3.74. The number of rotatable bonds is 9. The van der Waals surface area contributed by atoms with Gasteiger partial charge in [0.15, 0.2) is 0 Å². The van der Waals surface area contributed by atoms with Crippen LogP contribution in [0.5, 0.6) is 0 Å². The number of nitrogens with one attached hydrogen (secondary N) is 1. The van der Waals surface area contributed by atoms with Crippen molar-refractivity contribution in [3.63, 3.8) is 0 Å². The van der Waals surface area contributed by atoms with Crippen molar-refractivity contribution in [1.29, 1.82) is 0 Å². The molecule has 0 aromatic rings. The number of hydrogen-bond acceptors (Lipinski definition) is 2. The molecule has 0 amide bonds. The second-order valence-corrected chi connectivity index (χ2v) is 7.12. The van der Waals surface area contributed by atoms with Crippen LogP contribution in [0.4, 0.5) is 0 Å². The summed E-state index contributed by atoms with van der Waals surface area (Å²) in [6.07, 6.45) is 10.1. The van der Waals surface area contributed by atoms with Crippen LogP contribution in [0.1, 0.15) is 65.7 Å². The Bertz CT molecular complexity index is 242. The zero-order chi connectivity index (χ0) is 13.7. The molecule has 1 atom stereocenters. The molecule has 2 heteroatoms. The van der Waals surface area contributed by atoms with Gasteiger partial charge in [0.2, 0.25) is 0 Å². The minimum Gasteiger partial charge on any atom is -0.313 e. The van der Waals surface area contributed by atoms with Gasteiger partial charge in [-0.3, -0.25) is 4.90 Å². The lowest BCUT2D eigenvalue weighted by atomic mass is 10.1. The fourth-order valence-corrected chi connectivity index (χ4v) is 3.51. The molecular formula is C17H34N2. The fourth-order valence-electron chi connectivity index (χ4n) is 3.51. The first-order chi connectivity index (χ1) is 9.20. The van der Waals surface area contributed by atoms with Gasteiger partial charge in [-0.05, 0) is 57.0 Å². The summed E-state index contributed by atoms with van der Waals surface area (Å²) in [5.41, 5.74) is 0. The first-order valence-electron chi connectivity index (χ1n) is 8.68. The second-order valence-electron chi connectivity index (χ2n) is 7.12. The lowest BCUT2D eigenvalue weighted by Crippen LogP contribution is -2.46. The first kappa shape index (κ1) is 15.3. The predicted molar refractivity (Wildman–Crippen MR) is 83.5 cm³/mol. The smallest absolute Gasteiger partial charge is 0.0223 e. The quantitative estimate of drug-likeness (QED) is 0.685. The minimum absolute atomic E-state index is 0.762. The molecule has 19 heavy (non-hydrogen) atoms. The molecule has 0 spiro atoms. The van der Waals surface area contributed by atoms with E-state index in [1.54, 1.807) is 0 Å². The zero-order valence-electron chi connectivity index (χ0n) is 13.3. The van der Waals surface area contributed by atoms with Gasteiger partial charge in [0.25, 0.3) is 0 Å². The predicted octanol–water partition coefficient (Wildman–Crippen LogP) is 3.67. The van der Waals surface area contributed by atoms with Crippen molar-refractivity contribution in [3.05, 3.63) is 0 Å². The lowest BCUT2D eigenvalue weighted by Gasteiger charge is -2.33. The summed E-state index contributed by atoms with van der Waals surface area (Å²) >= 11 is 0. The van der Waals surface area contributed by atoms with Gasteiger partial charge in [0, 0.05) is 18.6 Å². The maximum Gasteiger partial charge on any atom is 0.0223 e. The Morgan fingerprint density at radius 1 is 1.11 bits per heavy atom. The minimum atomic E-state index is 0.762. The summed E-state index contributed by atoms with van der Waals surface area (Å²) < 4.78 is 0. The van der Waals surface area contributed by atoms with Gasteiger partial charge in [-0.25, -0.2) is 0 Å². The Hall–Kier alpha value is -0.0800. The van der Waals surface area contributed by atoms with Crippen LogP contribution in [0, 0.1) is 11.8 Å². The molecule has 2 saturated carbocycles. The molecule has 0 heterocycles. The van der Waals surface area contributed by atoms with E-state index < -0.39 is 0 Å². The Labute approximate surface area is 120 Å². The van der Waals surface area contributed by atoms with Crippen LogP contribution in [-0.2, 0) is 0 Å². The summed E-state index contributed by atoms with van der Waals surface area (Å²) in [6.45, 7) is 10.7. The molecule has 2 fully saturated rings. The highest BCUT2D eigenvalue weighted by Gasteiger charge is 2.33. The van der Waals surface area contributed by atoms with E-state index in [4.69, 9.17) is 0 Å². The van der Waals surface area contributed by atoms with E-state index >= 15 is 0 Å². The number of nitrogens with zero attached hydrogens (tertiary/aromatic N) is 1. The van der Waals surface area contributed by atoms with Gasteiger partial charge in [0.05, 0.1) is 0 Å². The fraction of sp³-hybridized carbons (Fsp3) is 1.00. The van der Waals surface area contributed by atoms with Crippen LogP contribution in [0.2, 0.25) is 0 Å². The molecule has 0 radical (unpaired) electrons. The molecular weight excluding hydrogens is 232 g/mol. The third kappa shape index (κ3) is 5.07. The van der Waals surface area contributed by atoms with Crippen molar-refractivity contribution >= 4 is 0 Å². The van der Waals surface area contributed by atoms with Crippen molar-refractivity contribution in [1.82, 2.24) is 10.2 Å². The summed E-state index contributed by atoms with van der Waals surface area (Å²) in [7, 11) is 0. The molecule has 0 aliphatic heterocycles. The van der Waals surface area contributed by atoms with Crippen LogP contribution in [0.25, 0.3) is 0 Å². The highest BCUT2D eigenvalue weighted by molar-refractivity contribution is 4.90. The normalized spacial score (nSPS) is 22.6. The summed E-state index contributed by atoms with van der Waals surface area (Å²) in [5, 5.41) is 3.74. The standard InChI is InChI=1S/C17H34N2/c1-4-18-17(15-9-10-15)13-19(12-11-14(2)3)16-7-5-6-8-16/h14-18H,4-13H2,1-3H3.